The Bertz CT molecular complexity index is 404. The number of hydrogen-bond donors (Lipinski definition) is 3. The molecule has 0 heterocycles. The third-order valence-corrected chi connectivity index (χ3v) is 3.11. The van der Waals surface area contributed by atoms with E-state index in [1.54, 1.807) is 38.3 Å². The van der Waals surface area contributed by atoms with E-state index in [1.165, 1.54) is 0 Å². The average molecular weight is 267 g/mol. The monoisotopic (exact) mass is 267 g/mol. The molecular weight excluding hydrogens is 246 g/mol. The molecule has 3 N–H and O–H groups in total. The summed E-state index contributed by atoms with van der Waals surface area (Å²) in [6.07, 6.45) is -0.122. The van der Waals surface area contributed by atoms with Crippen LogP contribution in [-0.4, -0.2) is 35.4 Å². The number of hydrogen-bond acceptors (Lipinski definition) is 4. The molecule has 19 heavy (non-hydrogen) atoms. The van der Waals surface area contributed by atoms with Crippen molar-refractivity contribution in [3.8, 4) is 5.75 Å². The van der Waals surface area contributed by atoms with Gasteiger partial charge in [0.1, 0.15) is 11.8 Å². The lowest BCUT2D eigenvalue weighted by Crippen LogP contribution is -2.44. The summed E-state index contributed by atoms with van der Waals surface area (Å²) in [5.41, 5.74) is 0.734. The molecule has 0 aliphatic rings. The van der Waals surface area contributed by atoms with E-state index >= 15 is 0 Å². The first-order chi connectivity index (χ1) is 8.99. The zero-order valence-electron chi connectivity index (χ0n) is 11.5. The number of aliphatic hydroxyl groups is 1. The number of aliphatic carboxylic acids is 1. The summed E-state index contributed by atoms with van der Waals surface area (Å²) >= 11 is 0. The molecule has 1 rings (SSSR count). The smallest absolute Gasteiger partial charge is 0.320 e. The zero-order chi connectivity index (χ0) is 14.4. The molecule has 0 radical (unpaired) electrons. The van der Waals surface area contributed by atoms with E-state index < -0.39 is 18.1 Å². The second-order valence-electron chi connectivity index (χ2n) is 4.46. The lowest BCUT2D eigenvalue weighted by atomic mass is 9.99. The lowest BCUT2D eigenvalue weighted by molar-refractivity contribution is -0.139. The predicted molar refractivity (Wildman–Crippen MR) is 72.3 cm³/mol. The van der Waals surface area contributed by atoms with Crippen LogP contribution in [-0.2, 0) is 4.79 Å². The first-order valence-corrected chi connectivity index (χ1v) is 6.30. The van der Waals surface area contributed by atoms with Crippen LogP contribution in [0.25, 0.3) is 0 Å². The van der Waals surface area contributed by atoms with Crippen molar-refractivity contribution in [2.45, 2.75) is 38.5 Å². The summed E-state index contributed by atoms with van der Waals surface area (Å²) in [6.45, 7) is 3.46. The fraction of sp³-hybridized carbons (Fsp3) is 0.500. The van der Waals surface area contributed by atoms with Crippen LogP contribution in [0.3, 0.4) is 0 Å². The molecule has 0 aromatic heterocycles. The Balaban J connectivity index is 2.76. The van der Waals surface area contributed by atoms with Gasteiger partial charge < -0.3 is 14.9 Å². The quantitative estimate of drug-likeness (QED) is 0.699. The number of nitrogens with one attached hydrogen (secondary N) is 1. The largest absolute Gasteiger partial charge is 0.497 e. The number of rotatable bonds is 7. The summed E-state index contributed by atoms with van der Waals surface area (Å²) in [4.78, 5) is 10.8. The normalized spacial score (nSPS) is 15.6. The van der Waals surface area contributed by atoms with Crippen molar-refractivity contribution in [3.05, 3.63) is 29.8 Å². The highest BCUT2D eigenvalue weighted by atomic mass is 16.5. The molecule has 3 atom stereocenters. The van der Waals surface area contributed by atoms with Gasteiger partial charge in [-0.25, -0.2) is 0 Å². The Labute approximate surface area is 113 Å². The highest BCUT2D eigenvalue weighted by Gasteiger charge is 2.23. The summed E-state index contributed by atoms with van der Waals surface area (Å²) in [5, 5.41) is 22.1. The SMILES string of the molecule is CCC(NC(C)C(=O)O)C(O)c1ccc(OC)cc1. The highest BCUT2D eigenvalue weighted by molar-refractivity contribution is 5.72. The number of carboxylic acid groups (broad SMARTS) is 1. The van der Waals surface area contributed by atoms with Crippen LogP contribution in [0.15, 0.2) is 24.3 Å². The standard InChI is InChI=1S/C14H21NO4/c1-4-12(15-9(2)14(17)18)13(16)10-5-7-11(19-3)8-6-10/h5-9,12-13,15-16H,4H2,1-3H3,(H,17,18). The molecule has 0 bridgehead atoms. The summed E-state index contributed by atoms with van der Waals surface area (Å²) in [7, 11) is 1.58. The van der Waals surface area contributed by atoms with Crippen molar-refractivity contribution in [2.24, 2.45) is 0 Å². The van der Waals surface area contributed by atoms with Crippen LogP contribution in [0, 0.1) is 0 Å². The second kappa shape index (κ2) is 7.11. The number of methoxy groups -OCH3 is 1. The van der Waals surface area contributed by atoms with Crippen molar-refractivity contribution in [3.63, 3.8) is 0 Å². The number of ether oxygens (including phenoxy) is 1. The van der Waals surface area contributed by atoms with Gasteiger partial charge in [-0.3, -0.25) is 10.1 Å². The molecular formula is C14H21NO4. The minimum atomic E-state index is -0.930. The maximum absolute atomic E-state index is 10.8. The van der Waals surface area contributed by atoms with E-state index in [0.717, 1.165) is 11.3 Å². The van der Waals surface area contributed by atoms with E-state index in [-0.39, 0.29) is 6.04 Å². The third kappa shape index (κ3) is 4.22. The molecule has 5 heteroatoms. The molecule has 0 aliphatic carbocycles. The Hall–Kier alpha value is -1.59. The number of aliphatic hydroxyl groups excluding tert-OH is 1. The Morgan fingerprint density at radius 1 is 1.37 bits per heavy atom. The zero-order valence-corrected chi connectivity index (χ0v) is 11.5. The van der Waals surface area contributed by atoms with Gasteiger partial charge in [-0.2, -0.15) is 0 Å². The van der Waals surface area contributed by atoms with Gasteiger partial charge in [0.25, 0.3) is 0 Å². The minimum Gasteiger partial charge on any atom is -0.497 e. The van der Waals surface area contributed by atoms with E-state index in [2.05, 4.69) is 5.32 Å². The number of carboxylic acids is 1. The van der Waals surface area contributed by atoms with Gasteiger partial charge >= 0.3 is 5.97 Å². The van der Waals surface area contributed by atoms with Crippen molar-refractivity contribution in [1.29, 1.82) is 0 Å². The molecule has 0 aliphatic heterocycles. The van der Waals surface area contributed by atoms with Crippen molar-refractivity contribution in [2.75, 3.05) is 7.11 Å². The van der Waals surface area contributed by atoms with Crippen LogP contribution in [0.2, 0.25) is 0 Å². The Morgan fingerprint density at radius 3 is 2.37 bits per heavy atom. The molecule has 0 amide bonds. The van der Waals surface area contributed by atoms with Gasteiger partial charge in [0.15, 0.2) is 0 Å². The summed E-state index contributed by atoms with van der Waals surface area (Å²) in [5.74, 6) is -0.212. The van der Waals surface area contributed by atoms with Crippen LogP contribution in [0.4, 0.5) is 0 Å². The molecule has 1 aromatic carbocycles. The Morgan fingerprint density at radius 2 is 1.95 bits per heavy atom. The van der Waals surface area contributed by atoms with E-state index in [4.69, 9.17) is 9.84 Å². The predicted octanol–water partition coefficient (Wildman–Crippen LogP) is 1.57. The van der Waals surface area contributed by atoms with E-state index in [1.807, 2.05) is 6.92 Å². The molecule has 0 saturated heterocycles. The van der Waals surface area contributed by atoms with Crippen LogP contribution < -0.4 is 10.1 Å². The van der Waals surface area contributed by atoms with Gasteiger partial charge in [-0.05, 0) is 31.0 Å². The second-order valence-corrected chi connectivity index (χ2v) is 4.46. The maximum atomic E-state index is 10.8. The van der Waals surface area contributed by atoms with Gasteiger partial charge in [0.05, 0.1) is 13.2 Å². The van der Waals surface area contributed by atoms with Gasteiger partial charge in [0, 0.05) is 6.04 Å². The van der Waals surface area contributed by atoms with E-state index in [0.29, 0.717) is 6.42 Å². The van der Waals surface area contributed by atoms with Crippen molar-refractivity contribution < 1.29 is 19.7 Å². The van der Waals surface area contributed by atoms with Crippen molar-refractivity contribution in [1.82, 2.24) is 5.32 Å². The minimum absolute atomic E-state index is 0.306. The molecule has 0 fully saturated rings. The molecule has 0 saturated carbocycles. The maximum Gasteiger partial charge on any atom is 0.320 e. The average Bonchev–Trinajstić information content (AvgIpc) is 2.43. The third-order valence-electron chi connectivity index (χ3n) is 3.11. The number of carbonyl (C=O) groups is 1. The lowest BCUT2D eigenvalue weighted by Gasteiger charge is -2.25. The fourth-order valence-corrected chi connectivity index (χ4v) is 1.86. The van der Waals surface area contributed by atoms with Gasteiger partial charge in [-0.1, -0.05) is 19.1 Å². The first-order valence-electron chi connectivity index (χ1n) is 6.30. The van der Waals surface area contributed by atoms with Gasteiger partial charge in [0.2, 0.25) is 0 Å². The Kier molecular flexibility index (Phi) is 5.79. The van der Waals surface area contributed by atoms with Crippen LogP contribution in [0.1, 0.15) is 31.9 Å². The van der Waals surface area contributed by atoms with E-state index in [9.17, 15) is 9.90 Å². The van der Waals surface area contributed by atoms with Crippen LogP contribution in [0.5, 0.6) is 5.75 Å². The summed E-state index contributed by atoms with van der Waals surface area (Å²) < 4.78 is 5.06. The highest BCUT2D eigenvalue weighted by Crippen LogP contribution is 2.22. The van der Waals surface area contributed by atoms with Gasteiger partial charge in [-0.15, -0.1) is 0 Å². The first kappa shape index (κ1) is 15.5. The topological polar surface area (TPSA) is 78.8 Å². The molecule has 5 nitrogen and oxygen atoms in total. The van der Waals surface area contributed by atoms with Crippen molar-refractivity contribution >= 4 is 5.97 Å². The molecule has 0 spiro atoms. The van der Waals surface area contributed by atoms with Crippen LogP contribution >= 0.6 is 0 Å². The number of benzene rings is 1. The fourth-order valence-electron chi connectivity index (χ4n) is 1.86. The summed E-state index contributed by atoms with van der Waals surface area (Å²) in [6, 6.07) is 6.09. The molecule has 106 valence electrons. The molecule has 3 unspecified atom stereocenters. The molecule has 1 aromatic rings.